The molecule has 3 aromatic rings. The molecule has 2 N–H and O–H groups in total. The fourth-order valence-corrected chi connectivity index (χ4v) is 3.65. The van der Waals surface area contributed by atoms with Gasteiger partial charge in [0.05, 0.1) is 16.8 Å². The van der Waals surface area contributed by atoms with E-state index in [2.05, 4.69) is 15.5 Å². The molecule has 0 saturated carbocycles. The lowest BCUT2D eigenvalue weighted by atomic mass is 10.0. The minimum Gasteiger partial charge on any atom is -0.349 e. The summed E-state index contributed by atoms with van der Waals surface area (Å²) in [4.78, 5) is 26.1. The highest BCUT2D eigenvalue weighted by Crippen LogP contribution is 2.28. The van der Waals surface area contributed by atoms with Gasteiger partial charge in [-0.05, 0) is 18.9 Å². The number of hydrogen-bond acceptors (Lipinski definition) is 3. The van der Waals surface area contributed by atoms with Crippen LogP contribution in [0.1, 0.15) is 30.1 Å². The molecule has 1 fully saturated rings. The molecule has 0 unspecified atom stereocenters. The van der Waals surface area contributed by atoms with Crippen LogP contribution >= 0.6 is 0 Å². The summed E-state index contributed by atoms with van der Waals surface area (Å²) < 4.78 is 0. The molecule has 6 heteroatoms. The first-order chi connectivity index (χ1) is 13.1. The molecule has 2 heterocycles. The van der Waals surface area contributed by atoms with Crippen molar-refractivity contribution in [2.45, 2.75) is 25.8 Å². The Kier molecular flexibility index (Phi) is 4.62. The number of carbonyl (C=O) groups is 2. The van der Waals surface area contributed by atoms with Crippen molar-refractivity contribution in [2.24, 2.45) is 0 Å². The van der Waals surface area contributed by atoms with Gasteiger partial charge in [-0.25, -0.2) is 0 Å². The number of benzene rings is 2. The van der Waals surface area contributed by atoms with E-state index in [9.17, 15) is 9.59 Å². The highest BCUT2D eigenvalue weighted by molar-refractivity contribution is 6.08. The Bertz CT molecular complexity index is 972. The second-order valence-corrected chi connectivity index (χ2v) is 6.92. The van der Waals surface area contributed by atoms with E-state index in [4.69, 9.17) is 0 Å². The van der Waals surface area contributed by atoms with Gasteiger partial charge in [-0.3, -0.25) is 14.7 Å². The lowest BCUT2D eigenvalue weighted by Gasteiger charge is -2.31. The van der Waals surface area contributed by atoms with Crippen molar-refractivity contribution in [3.63, 3.8) is 0 Å². The average Bonchev–Trinajstić information content (AvgIpc) is 3.13. The highest BCUT2D eigenvalue weighted by Gasteiger charge is 2.23. The molecular formula is C21H22N4O2. The minimum absolute atomic E-state index is 0.0832. The van der Waals surface area contributed by atoms with E-state index in [1.807, 2.05) is 53.4 Å². The summed E-state index contributed by atoms with van der Waals surface area (Å²) in [6, 6.07) is 15.7. The first-order valence-corrected chi connectivity index (χ1v) is 9.22. The molecule has 4 rings (SSSR count). The molecule has 0 radical (unpaired) electrons. The molecule has 138 valence electrons. The number of nitrogens with zero attached hydrogens (tertiary/aromatic N) is 2. The van der Waals surface area contributed by atoms with E-state index >= 15 is 0 Å². The molecule has 0 aliphatic carbocycles. The van der Waals surface area contributed by atoms with E-state index in [-0.39, 0.29) is 17.9 Å². The number of nitrogens with one attached hydrogen (secondary N) is 2. The van der Waals surface area contributed by atoms with Crippen LogP contribution in [0.2, 0.25) is 0 Å². The standard InChI is InChI=1S/C21H22N4O2/c1-14(26)25-12-10-16(11-13-25)22-21(27)18-9-5-8-17-19(23-24-20(17)18)15-6-3-2-4-7-15/h2-9,16H,10-13H2,1H3,(H,22,27)(H,23,24). The Morgan fingerprint density at radius 1 is 1.07 bits per heavy atom. The van der Waals surface area contributed by atoms with Crippen LogP contribution in [-0.4, -0.2) is 46.0 Å². The van der Waals surface area contributed by atoms with Crippen LogP contribution in [0.25, 0.3) is 22.2 Å². The Hall–Kier alpha value is -3.15. The van der Waals surface area contributed by atoms with Gasteiger partial charge in [-0.15, -0.1) is 0 Å². The topological polar surface area (TPSA) is 78.1 Å². The monoisotopic (exact) mass is 362 g/mol. The summed E-state index contributed by atoms with van der Waals surface area (Å²) in [6.07, 6.45) is 1.55. The number of para-hydroxylation sites is 1. The van der Waals surface area contributed by atoms with Gasteiger partial charge < -0.3 is 10.2 Å². The highest BCUT2D eigenvalue weighted by atomic mass is 16.2. The quantitative estimate of drug-likeness (QED) is 0.752. The number of H-pyrrole nitrogens is 1. The number of amides is 2. The van der Waals surface area contributed by atoms with E-state index < -0.39 is 0 Å². The molecule has 0 spiro atoms. The lowest BCUT2D eigenvalue weighted by Crippen LogP contribution is -2.46. The Morgan fingerprint density at radius 3 is 2.52 bits per heavy atom. The first kappa shape index (κ1) is 17.3. The molecule has 2 amide bonds. The number of rotatable bonds is 3. The van der Waals surface area contributed by atoms with Crippen LogP contribution < -0.4 is 5.32 Å². The van der Waals surface area contributed by atoms with Crippen molar-refractivity contribution in [3.05, 3.63) is 54.1 Å². The van der Waals surface area contributed by atoms with Crippen molar-refractivity contribution >= 4 is 22.7 Å². The zero-order valence-corrected chi connectivity index (χ0v) is 15.2. The fraction of sp³-hybridized carbons (Fsp3) is 0.286. The largest absolute Gasteiger partial charge is 0.349 e. The van der Waals surface area contributed by atoms with Crippen LogP contribution in [0.3, 0.4) is 0 Å². The van der Waals surface area contributed by atoms with Crippen molar-refractivity contribution in [3.8, 4) is 11.3 Å². The summed E-state index contributed by atoms with van der Waals surface area (Å²) in [7, 11) is 0. The number of fused-ring (bicyclic) bond motifs is 1. The van der Waals surface area contributed by atoms with Crippen molar-refractivity contribution in [2.75, 3.05) is 13.1 Å². The lowest BCUT2D eigenvalue weighted by molar-refractivity contribution is -0.129. The van der Waals surface area contributed by atoms with Gasteiger partial charge in [0, 0.05) is 37.0 Å². The smallest absolute Gasteiger partial charge is 0.253 e. The molecule has 2 aromatic carbocycles. The van der Waals surface area contributed by atoms with Gasteiger partial charge in [-0.2, -0.15) is 5.10 Å². The summed E-state index contributed by atoms with van der Waals surface area (Å²) in [6.45, 7) is 2.96. The summed E-state index contributed by atoms with van der Waals surface area (Å²) >= 11 is 0. The van der Waals surface area contributed by atoms with E-state index in [1.165, 1.54) is 0 Å². The minimum atomic E-state index is -0.106. The second kappa shape index (κ2) is 7.23. The Balaban J connectivity index is 1.55. The maximum atomic E-state index is 12.8. The number of carbonyl (C=O) groups excluding carboxylic acids is 2. The molecule has 1 saturated heterocycles. The number of hydrogen-bond donors (Lipinski definition) is 2. The third kappa shape index (κ3) is 3.43. The van der Waals surface area contributed by atoms with E-state index in [1.54, 1.807) is 6.92 Å². The molecule has 1 aliphatic heterocycles. The summed E-state index contributed by atoms with van der Waals surface area (Å²) in [5.41, 5.74) is 3.19. The molecule has 0 atom stereocenters. The van der Waals surface area contributed by atoms with Gasteiger partial charge >= 0.3 is 0 Å². The zero-order valence-electron chi connectivity index (χ0n) is 15.2. The maximum absolute atomic E-state index is 12.8. The van der Waals surface area contributed by atoms with Gasteiger partial charge in [0.2, 0.25) is 5.91 Å². The fourth-order valence-electron chi connectivity index (χ4n) is 3.65. The van der Waals surface area contributed by atoms with Crippen molar-refractivity contribution in [1.82, 2.24) is 20.4 Å². The third-order valence-corrected chi connectivity index (χ3v) is 5.17. The maximum Gasteiger partial charge on any atom is 0.253 e. The van der Waals surface area contributed by atoms with Gasteiger partial charge in [-0.1, -0.05) is 42.5 Å². The van der Waals surface area contributed by atoms with Gasteiger partial charge in [0.25, 0.3) is 5.91 Å². The Labute approximate surface area is 157 Å². The van der Waals surface area contributed by atoms with Crippen LogP contribution in [0, 0.1) is 0 Å². The van der Waals surface area contributed by atoms with Crippen molar-refractivity contribution < 1.29 is 9.59 Å². The third-order valence-electron chi connectivity index (χ3n) is 5.17. The predicted molar refractivity (Wildman–Crippen MR) is 104 cm³/mol. The van der Waals surface area contributed by atoms with Gasteiger partial charge in [0.1, 0.15) is 0 Å². The zero-order chi connectivity index (χ0) is 18.8. The molecule has 0 bridgehead atoms. The van der Waals surface area contributed by atoms with Crippen molar-refractivity contribution in [1.29, 1.82) is 0 Å². The normalized spacial score (nSPS) is 15.1. The number of aromatic amines is 1. The van der Waals surface area contributed by atoms with Crippen LogP contribution in [0.4, 0.5) is 0 Å². The summed E-state index contributed by atoms with van der Waals surface area (Å²) in [5.74, 6) is -0.0133. The molecule has 27 heavy (non-hydrogen) atoms. The van der Waals surface area contributed by atoms with Crippen LogP contribution in [0.15, 0.2) is 48.5 Å². The average molecular weight is 362 g/mol. The Morgan fingerprint density at radius 2 is 1.81 bits per heavy atom. The van der Waals surface area contributed by atoms with E-state index in [0.29, 0.717) is 18.7 Å². The second-order valence-electron chi connectivity index (χ2n) is 6.92. The molecule has 6 nitrogen and oxygen atoms in total. The predicted octanol–water partition coefficient (Wildman–Crippen LogP) is 2.97. The molecule has 1 aliphatic rings. The van der Waals surface area contributed by atoms with Crippen LogP contribution in [0.5, 0.6) is 0 Å². The molecular weight excluding hydrogens is 340 g/mol. The number of aromatic nitrogens is 2. The first-order valence-electron chi connectivity index (χ1n) is 9.22. The SMILES string of the molecule is CC(=O)N1CCC(NC(=O)c2cccc3c(-c4ccccc4)n[nH]c23)CC1. The van der Waals surface area contributed by atoms with Gasteiger partial charge in [0.15, 0.2) is 0 Å². The summed E-state index contributed by atoms with van der Waals surface area (Å²) in [5, 5.41) is 11.5. The molecule has 1 aromatic heterocycles. The number of likely N-dealkylation sites (tertiary alicyclic amines) is 1. The van der Waals surface area contributed by atoms with Crippen LogP contribution in [-0.2, 0) is 4.79 Å². The van der Waals surface area contributed by atoms with E-state index in [0.717, 1.165) is 35.0 Å². The number of piperidine rings is 1.